The van der Waals surface area contributed by atoms with E-state index in [-0.39, 0.29) is 29.4 Å². The summed E-state index contributed by atoms with van der Waals surface area (Å²) in [7, 11) is 1.15. The molecule has 0 radical (unpaired) electrons. The first kappa shape index (κ1) is 29.7. The number of nitrogens with zero attached hydrogens (tertiary/aromatic N) is 2. The first-order valence-corrected chi connectivity index (χ1v) is 13.5. The van der Waals surface area contributed by atoms with E-state index in [2.05, 4.69) is 22.0 Å². The maximum absolute atomic E-state index is 14.1. The number of hydrogen-bond acceptors (Lipinski definition) is 6. The number of ether oxygens (including phenoxy) is 1. The lowest BCUT2D eigenvalue weighted by Crippen LogP contribution is -2.54. The Balaban J connectivity index is 1.35. The number of hydrogen-bond donors (Lipinski definition) is 3. The van der Waals surface area contributed by atoms with Gasteiger partial charge in [0.15, 0.2) is 11.6 Å². The van der Waals surface area contributed by atoms with Gasteiger partial charge in [-0.3, -0.25) is 0 Å². The lowest BCUT2D eigenvalue weighted by Gasteiger charge is -2.36. The summed E-state index contributed by atoms with van der Waals surface area (Å²) in [5, 5.41) is 18.5. The van der Waals surface area contributed by atoms with Crippen molar-refractivity contribution in [2.75, 3.05) is 20.2 Å². The summed E-state index contributed by atoms with van der Waals surface area (Å²) >= 11 is 0. The molecule has 0 aromatic heterocycles. The molecular weight excluding hydrogens is 532 g/mol. The van der Waals surface area contributed by atoms with Gasteiger partial charge in [-0.15, -0.1) is 0 Å². The number of esters is 1. The van der Waals surface area contributed by atoms with Crippen LogP contribution in [0.25, 0.3) is 0 Å². The molecule has 11 heteroatoms. The van der Waals surface area contributed by atoms with Crippen molar-refractivity contribution in [3.8, 4) is 6.07 Å². The van der Waals surface area contributed by atoms with E-state index in [4.69, 9.17) is 4.74 Å². The van der Waals surface area contributed by atoms with Crippen LogP contribution in [0.2, 0.25) is 0 Å². The molecule has 0 saturated heterocycles. The molecule has 2 aromatic rings. The number of urea groups is 2. The fourth-order valence-corrected chi connectivity index (χ4v) is 5.53. The fraction of sp³-hybridized carbons (Fsp3) is 0.400. The Labute approximate surface area is 237 Å². The minimum Gasteiger partial charge on any atom is -0.466 e. The van der Waals surface area contributed by atoms with E-state index in [1.54, 1.807) is 0 Å². The zero-order valence-corrected chi connectivity index (χ0v) is 23.0. The maximum atomic E-state index is 14.1. The number of rotatable bonds is 8. The molecule has 3 N–H and O–H groups in total. The van der Waals surface area contributed by atoms with Crippen LogP contribution in [0, 0.1) is 23.0 Å². The predicted octanol–water partition coefficient (Wildman–Crippen LogP) is 4.57. The molecule has 4 rings (SSSR count). The SMILES string of the molecule is COC(=O)C1=C(C)NC(=O)N(C(=O)NCCCNC2CCC(C#N)(c3ccccc3)CC2)C1c1ccc(F)c(F)c1. The molecule has 216 valence electrons. The van der Waals surface area contributed by atoms with E-state index >= 15 is 0 Å². The number of carbonyl (C=O) groups excluding carboxylic acids is 3. The van der Waals surface area contributed by atoms with Gasteiger partial charge in [-0.25, -0.2) is 28.1 Å². The van der Waals surface area contributed by atoms with Crippen LogP contribution in [0.1, 0.15) is 56.2 Å². The number of halogens is 2. The van der Waals surface area contributed by atoms with E-state index in [9.17, 15) is 28.4 Å². The molecule has 1 heterocycles. The first-order chi connectivity index (χ1) is 19.7. The molecule has 41 heavy (non-hydrogen) atoms. The molecule has 2 aromatic carbocycles. The lowest BCUT2D eigenvalue weighted by atomic mass is 9.69. The van der Waals surface area contributed by atoms with Gasteiger partial charge in [0, 0.05) is 18.3 Å². The van der Waals surface area contributed by atoms with E-state index in [0.29, 0.717) is 13.0 Å². The quantitative estimate of drug-likeness (QED) is 0.318. The molecule has 1 unspecified atom stereocenters. The van der Waals surface area contributed by atoms with Crippen LogP contribution in [0.4, 0.5) is 18.4 Å². The first-order valence-electron chi connectivity index (χ1n) is 13.5. The van der Waals surface area contributed by atoms with Crippen LogP contribution in [-0.2, 0) is 14.9 Å². The van der Waals surface area contributed by atoms with Crippen LogP contribution >= 0.6 is 0 Å². The Kier molecular flexibility index (Phi) is 9.35. The minimum absolute atomic E-state index is 0.0385. The molecule has 1 saturated carbocycles. The second kappa shape index (κ2) is 12.9. The van der Waals surface area contributed by atoms with Crippen molar-refractivity contribution in [2.45, 2.75) is 56.5 Å². The van der Waals surface area contributed by atoms with Gasteiger partial charge < -0.3 is 20.7 Å². The molecule has 4 amide bonds. The number of nitriles is 1. The average molecular weight is 566 g/mol. The van der Waals surface area contributed by atoms with Gasteiger partial charge in [0.1, 0.15) is 6.04 Å². The van der Waals surface area contributed by atoms with Gasteiger partial charge in [0.2, 0.25) is 0 Å². The normalized spacial score (nSPS) is 22.5. The highest BCUT2D eigenvalue weighted by molar-refractivity contribution is 6.01. The third-order valence-electron chi connectivity index (χ3n) is 7.77. The second-order valence-electron chi connectivity index (χ2n) is 10.3. The number of allylic oxidation sites excluding steroid dienone is 1. The smallest absolute Gasteiger partial charge is 0.337 e. The van der Waals surface area contributed by atoms with Crippen molar-refractivity contribution in [1.29, 1.82) is 5.26 Å². The summed E-state index contributed by atoms with van der Waals surface area (Å²) < 4.78 is 32.6. The van der Waals surface area contributed by atoms with Crippen LogP contribution in [0.15, 0.2) is 59.8 Å². The average Bonchev–Trinajstić information content (AvgIpc) is 2.98. The molecular formula is C30H33F2N5O4. The summed E-state index contributed by atoms with van der Waals surface area (Å²) in [6, 6.07) is 12.6. The molecule has 0 bridgehead atoms. The Hall–Kier alpha value is -4.30. The van der Waals surface area contributed by atoms with E-state index in [0.717, 1.165) is 55.4 Å². The topological polar surface area (TPSA) is 124 Å². The highest BCUT2D eigenvalue weighted by Crippen LogP contribution is 2.39. The summed E-state index contributed by atoms with van der Waals surface area (Å²) in [6.45, 7) is 2.28. The van der Waals surface area contributed by atoms with Crippen LogP contribution in [0.5, 0.6) is 0 Å². The molecule has 9 nitrogen and oxygen atoms in total. The summed E-state index contributed by atoms with van der Waals surface area (Å²) in [4.78, 5) is 39.4. The molecule has 1 aliphatic carbocycles. The number of nitrogens with one attached hydrogen (secondary N) is 3. The van der Waals surface area contributed by atoms with Crippen molar-refractivity contribution in [2.24, 2.45) is 0 Å². The lowest BCUT2D eigenvalue weighted by molar-refractivity contribution is -0.136. The molecule has 1 fully saturated rings. The zero-order valence-electron chi connectivity index (χ0n) is 23.0. The molecule has 1 atom stereocenters. The number of amides is 4. The number of imide groups is 1. The summed E-state index contributed by atoms with van der Waals surface area (Å²) in [5.41, 5.74) is 0.688. The second-order valence-corrected chi connectivity index (χ2v) is 10.3. The van der Waals surface area contributed by atoms with Gasteiger partial charge in [-0.1, -0.05) is 36.4 Å². The summed E-state index contributed by atoms with van der Waals surface area (Å²) in [6.07, 6.45) is 3.76. The number of benzene rings is 2. The Morgan fingerprint density at radius 2 is 1.83 bits per heavy atom. The summed E-state index contributed by atoms with van der Waals surface area (Å²) in [5.74, 6) is -3.10. The Morgan fingerprint density at radius 3 is 2.46 bits per heavy atom. The van der Waals surface area contributed by atoms with Gasteiger partial charge in [-0.2, -0.15) is 5.26 Å². The zero-order chi connectivity index (χ0) is 29.6. The number of methoxy groups -OCH3 is 1. The van der Waals surface area contributed by atoms with Crippen molar-refractivity contribution >= 4 is 18.0 Å². The Morgan fingerprint density at radius 1 is 1.12 bits per heavy atom. The predicted molar refractivity (Wildman–Crippen MR) is 146 cm³/mol. The van der Waals surface area contributed by atoms with Crippen LogP contribution < -0.4 is 16.0 Å². The highest BCUT2D eigenvalue weighted by Gasteiger charge is 2.42. The van der Waals surface area contributed by atoms with Crippen molar-refractivity contribution in [1.82, 2.24) is 20.9 Å². The van der Waals surface area contributed by atoms with Crippen LogP contribution in [0.3, 0.4) is 0 Å². The van der Waals surface area contributed by atoms with Crippen molar-refractivity contribution in [3.63, 3.8) is 0 Å². The monoisotopic (exact) mass is 565 g/mol. The minimum atomic E-state index is -1.32. The molecule has 1 aliphatic heterocycles. The molecule has 2 aliphatic rings. The third-order valence-corrected chi connectivity index (χ3v) is 7.77. The largest absolute Gasteiger partial charge is 0.466 e. The standard InChI is InChI=1S/C30H33F2N5O4/c1-19-25(27(38)41-2)26(20-9-10-23(31)24(32)17-20)37(29(40)36-19)28(39)35-16-6-15-34-22-11-13-30(18-33,14-12-22)21-7-4-3-5-8-21/h3-5,7-10,17,22,26,34H,6,11-16H2,1-2H3,(H,35,39)(H,36,40). The van der Waals surface area contributed by atoms with Gasteiger partial charge in [0.25, 0.3) is 0 Å². The van der Waals surface area contributed by atoms with Gasteiger partial charge in [-0.05, 0) is 68.8 Å². The van der Waals surface area contributed by atoms with Gasteiger partial charge >= 0.3 is 18.0 Å². The number of carbonyl (C=O) groups is 3. The maximum Gasteiger partial charge on any atom is 0.337 e. The van der Waals surface area contributed by atoms with E-state index in [1.807, 2.05) is 30.3 Å². The fourth-order valence-electron chi connectivity index (χ4n) is 5.53. The van der Waals surface area contributed by atoms with E-state index < -0.39 is 41.1 Å². The highest BCUT2D eigenvalue weighted by atomic mass is 19.2. The van der Waals surface area contributed by atoms with Crippen molar-refractivity contribution < 1.29 is 27.9 Å². The van der Waals surface area contributed by atoms with E-state index in [1.165, 1.54) is 13.0 Å². The van der Waals surface area contributed by atoms with Gasteiger partial charge in [0.05, 0.1) is 24.2 Å². The molecule has 0 spiro atoms. The van der Waals surface area contributed by atoms with Crippen LogP contribution in [-0.4, -0.2) is 49.2 Å². The van der Waals surface area contributed by atoms with Crippen molar-refractivity contribution in [3.05, 3.63) is 82.6 Å². The Bertz CT molecular complexity index is 1370. The third kappa shape index (κ3) is 6.38.